The first-order valence-corrected chi connectivity index (χ1v) is 11.9. The summed E-state index contributed by atoms with van der Waals surface area (Å²) >= 11 is 0. The molecule has 5 fully saturated rings. The number of benzene rings is 1. The number of carbonyl (C=O) groups is 1. The van der Waals surface area contributed by atoms with E-state index in [9.17, 15) is 4.79 Å². The molecule has 30 heavy (non-hydrogen) atoms. The lowest BCUT2D eigenvalue weighted by atomic mass is 9.53. The van der Waals surface area contributed by atoms with E-state index >= 15 is 0 Å². The maximum atomic E-state index is 12.9. The Balaban J connectivity index is 1.12. The Morgan fingerprint density at radius 2 is 1.87 bits per heavy atom. The first-order valence-electron chi connectivity index (χ1n) is 11.9. The lowest BCUT2D eigenvalue weighted by Gasteiger charge is -2.51. The minimum absolute atomic E-state index is 0.0422. The predicted molar refractivity (Wildman–Crippen MR) is 115 cm³/mol. The number of hydrogen-bond donors (Lipinski definition) is 0. The molecule has 0 unspecified atom stereocenters. The number of rotatable bonds is 3. The van der Waals surface area contributed by atoms with Crippen molar-refractivity contribution < 1.29 is 14.3 Å². The molecule has 6 rings (SSSR count). The van der Waals surface area contributed by atoms with E-state index in [1.165, 1.54) is 24.9 Å². The van der Waals surface area contributed by atoms with Crippen molar-refractivity contribution in [3.8, 4) is 0 Å². The zero-order valence-corrected chi connectivity index (χ0v) is 18.1. The number of para-hydroxylation sites is 1. The van der Waals surface area contributed by atoms with Gasteiger partial charge in [-0.1, -0.05) is 25.1 Å². The molecular weight excluding hydrogens is 376 g/mol. The van der Waals surface area contributed by atoms with Crippen LogP contribution < -0.4 is 4.90 Å². The van der Waals surface area contributed by atoms with E-state index in [4.69, 9.17) is 9.47 Å². The number of anilines is 1. The van der Waals surface area contributed by atoms with Crippen LogP contribution in [0.4, 0.5) is 5.69 Å². The van der Waals surface area contributed by atoms with Gasteiger partial charge in [0.2, 0.25) is 0 Å². The molecule has 5 heteroatoms. The first kappa shape index (κ1) is 19.1. The molecular formula is C25H34N2O3. The van der Waals surface area contributed by atoms with Gasteiger partial charge in [-0.2, -0.15) is 0 Å². The van der Waals surface area contributed by atoms with Gasteiger partial charge in [-0.3, -0.25) is 9.69 Å². The highest BCUT2D eigenvalue weighted by atomic mass is 16.6. The quantitative estimate of drug-likeness (QED) is 0.565. The summed E-state index contributed by atoms with van der Waals surface area (Å²) in [4.78, 5) is 17.8. The van der Waals surface area contributed by atoms with Crippen molar-refractivity contribution >= 4 is 11.7 Å². The molecule has 0 amide bonds. The minimum Gasteiger partial charge on any atom is -0.462 e. The Labute approximate surface area is 179 Å². The van der Waals surface area contributed by atoms with Crippen LogP contribution in [0.2, 0.25) is 0 Å². The van der Waals surface area contributed by atoms with E-state index in [0.29, 0.717) is 11.8 Å². The number of carbonyl (C=O) groups excluding carboxylic acids is 1. The van der Waals surface area contributed by atoms with Gasteiger partial charge in [-0.15, -0.1) is 0 Å². The summed E-state index contributed by atoms with van der Waals surface area (Å²) in [6.45, 7) is 8.31. The van der Waals surface area contributed by atoms with E-state index in [1.807, 2.05) is 0 Å². The van der Waals surface area contributed by atoms with Crippen LogP contribution in [-0.2, 0) is 14.3 Å². The third-order valence-electron chi connectivity index (χ3n) is 9.03. The summed E-state index contributed by atoms with van der Waals surface area (Å²) < 4.78 is 12.0. The van der Waals surface area contributed by atoms with Gasteiger partial charge in [0.15, 0.2) is 0 Å². The number of fused-ring (bicyclic) bond motifs is 3. The zero-order valence-electron chi connectivity index (χ0n) is 18.1. The number of ether oxygens (including phenoxy) is 2. The van der Waals surface area contributed by atoms with Crippen LogP contribution in [0.15, 0.2) is 30.3 Å². The molecule has 2 saturated carbocycles. The maximum Gasteiger partial charge on any atom is 0.310 e. The van der Waals surface area contributed by atoms with Crippen molar-refractivity contribution in [1.29, 1.82) is 0 Å². The van der Waals surface area contributed by atoms with Crippen molar-refractivity contribution in [2.75, 3.05) is 44.2 Å². The molecule has 3 saturated heterocycles. The summed E-state index contributed by atoms with van der Waals surface area (Å²) in [5, 5.41) is 0. The summed E-state index contributed by atoms with van der Waals surface area (Å²) in [6.07, 6.45) is 6.01. The van der Waals surface area contributed by atoms with Crippen molar-refractivity contribution in [3.63, 3.8) is 0 Å². The molecule has 3 aliphatic heterocycles. The van der Waals surface area contributed by atoms with Crippen LogP contribution in [0.5, 0.6) is 0 Å². The summed E-state index contributed by atoms with van der Waals surface area (Å²) in [6, 6.07) is 10.7. The first-order chi connectivity index (χ1) is 14.6. The SMILES string of the molecule is C[C@]12CCC[C@]3(CO3)[C@H]1C[C@@H]1[C@@H](C2)OC(=O)[C@@H]1CN1CCN(c2ccccc2)CC1. The van der Waals surface area contributed by atoms with Crippen LogP contribution in [0.3, 0.4) is 0 Å². The molecule has 0 aromatic heterocycles. The molecule has 0 N–H and O–H groups in total. The van der Waals surface area contributed by atoms with Crippen molar-refractivity contribution in [3.05, 3.63) is 30.3 Å². The van der Waals surface area contributed by atoms with Gasteiger partial charge < -0.3 is 14.4 Å². The Kier molecular flexibility index (Phi) is 4.44. The monoisotopic (exact) mass is 410 g/mol. The van der Waals surface area contributed by atoms with Crippen LogP contribution in [0, 0.1) is 23.2 Å². The van der Waals surface area contributed by atoms with E-state index in [0.717, 1.165) is 52.2 Å². The van der Waals surface area contributed by atoms with Crippen LogP contribution in [0.25, 0.3) is 0 Å². The molecule has 1 aromatic carbocycles. The Hall–Kier alpha value is -1.59. The normalized spacial score (nSPS) is 43.2. The van der Waals surface area contributed by atoms with E-state index in [2.05, 4.69) is 47.1 Å². The van der Waals surface area contributed by atoms with Gasteiger partial charge in [0.25, 0.3) is 0 Å². The maximum absolute atomic E-state index is 12.9. The van der Waals surface area contributed by atoms with E-state index in [-0.39, 0.29) is 29.0 Å². The second-order valence-electron chi connectivity index (χ2n) is 10.7. The predicted octanol–water partition coefficient (Wildman–Crippen LogP) is 3.34. The highest BCUT2D eigenvalue weighted by Gasteiger charge is 2.65. The fourth-order valence-corrected chi connectivity index (χ4v) is 7.27. The highest BCUT2D eigenvalue weighted by Crippen LogP contribution is 2.62. The fourth-order valence-electron chi connectivity index (χ4n) is 7.27. The highest BCUT2D eigenvalue weighted by molar-refractivity contribution is 5.75. The Morgan fingerprint density at radius 3 is 2.60 bits per heavy atom. The Bertz CT molecular complexity index is 802. The van der Waals surface area contributed by atoms with Crippen molar-refractivity contribution in [2.45, 2.75) is 50.7 Å². The number of esters is 1. The standard InChI is InChI=1S/C25H34N2O3/c1-24-8-5-9-25(17-29-25)22(24)14-19-20(23(28)30-21(19)15-24)16-26-10-12-27(13-11-26)18-6-3-2-4-7-18/h2-4,6-7,19-22H,5,8-17H2,1H3/t19-,20+,21+,22-,24+,25-/m0/s1. The van der Waals surface area contributed by atoms with Gasteiger partial charge in [0, 0.05) is 44.3 Å². The van der Waals surface area contributed by atoms with Gasteiger partial charge in [-0.25, -0.2) is 0 Å². The molecule has 1 aromatic rings. The summed E-state index contributed by atoms with van der Waals surface area (Å²) in [7, 11) is 0. The number of hydrogen-bond acceptors (Lipinski definition) is 5. The topological polar surface area (TPSA) is 45.3 Å². The molecule has 0 bridgehead atoms. The average Bonchev–Trinajstić information content (AvgIpc) is 3.46. The van der Waals surface area contributed by atoms with E-state index < -0.39 is 0 Å². The number of epoxide rings is 1. The van der Waals surface area contributed by atoms with Gasteiger partial charge in [0.1, 0.15) is 6.10 Å². The zero-order chi connectivity index (χ0) is 20.3. The lowest BCUT2D eigenvalue weighted by Crippen LogP contribution is -2.52. The smallest absolute Gasteiger partial charge is 0.310 e. The van der Waals surface area contributed by atoms with Gasteiger partial charge in [0.05, 0.1) is 18.1 Å². The lowest BCUT2D eigenvalue weighted by molar-refractivity contribution is -0.147. The average molecular weight is 411 g/mol. The third-order valence-corrected chi connectivity index (χ3v) is 9.03. The summed E-state index contributed by atoms with van der Waals surface area (Å²) in [5.74, 6) is 1.08. The fraction of sp³-hybridized carbons (Fsp3) is 0.720. The molecule has 2 aliphatic carbocycles. The van der Waals surface area contributed by atoms with E-state index in [1.54, 1.807) is 0 Å². The van der Waals surface area contributed by atoms with Crippen LogP contribution in [-0.4, -0.2) is 61.9 Å². The van der Waals surface area contributed by atoms with Crippen molar-refractivity contribution in [1.82, 2.24) is 4.90 Å². The molecule has 6 atom stereocenters. The number of piperazine rings is 1. The molecule has 1 spiro atoms. The third kappa shape index (κ3) is 3.08. The second-order valence-corrected chi connectivity index (χ2v) is 10.7. The molecule has 5 aliphatic rings. The summed E-state index contributed by atoms with van der Waals surface area (Å²) in [5.41, 5.74) is 1.72. The van der Waals surface area contributed by atoms with Crippen LogP contribution >= 0.6 is 0 Å². The molecule has 162 valence electrons. The number of nitrogens with zero attached hydrogens (tertiary/aromatic N) is 2. The minimum atomic E-state index is 0.0422. The largest absolute Gasteiger partial charge is 0.462 e. The molecule has 3 heterocycles. The molecule has 5 nitrogen and oxygen atoms in total. The second kappa shape index (κ2) is 6.96. The Morgan fingerprint density at radius 1 is 1.10 bits per heavy atom. The molecule has 0 radical (unpaired) electrons. The van der Waals surface area contributed by atoms with Crippen LogP contribution in [0.1, 0.15) is 39.0 Å². The van der Waals surface area contributed by atoms with Gasteiger partial charge >= 0.3 is 5.97 Å². The van der Waals surface area contributed by atoms with Gasteiger partial charge in [-0.05, 0) is 55.6 Å². The van der Waals surface area contributed by atoms with Crippen molar-refractivity contribution in [2.24, 2.45) is 23.2 Å².